The number of carbonyl (C=O) groups excluding carboxylic acids is 1. The summed E-state index contributed by atoms with van der Waals surface area (Å²) in [5, 5.41) is 4.42. The molecule has 1 aliphatic rings. The molecule has 0 fully saturated rings. The Kier molecular flexibility index (Phi) is 5.19. The molecule has 1 aliphatic heterocycles. The van der Waals surface area contributed by atoms with Crippen molar-refractivity contribution in [3.63, 3.8) is 0 Å². The van der Waals surface area contributed by atoms with E-state index in [1.807, 2.05) is 49.3 Å². The fraction of sp³-hybridized carbons (Fsp3) is 0.136. The fourth-order valence-corrected chi connectivity index (χ4v) is 4.39. The largest absolute Gasteiger partial charge is 0.378 e. The number of rotatable bonds is 5. The van der Waals surface area contributed by atoms with Crippen LogP contribution in [0, 0.1) is 0 Å². The fourth-order valence-electron chi connectivity index (χ4n) is 3.32. The zero-order valence-corrected chi connectivity index (χ0v) is 17.4. The summed E-state index contributed by atoms with van der Waals surface area (Å²) < 4.78 is 25.9. The van der Waals surface area contributed by atoms with E-state index in [2.05, 4.69) is 10.1 Å². The highest BCUT2D eigenvalue weighted by molar-refractivity contribution is 7.89. The molecule has 3 aromatic rings. The number of para-hydroxylation sites is 1. The molecule has 154 valence electrons. The Balaban J connectivity index is 1.75. The van der Waals surface area contributed by atoms with Crippen LogP contribution in [-0.4, -0.2) is 33.4 Å². The van der Waals surface area contributed by atoms with Gasteiger partial charge in [0.1, 0.15) is 6.17 Å². The summed E-state index contributed by atoms with van der Waals surface area (Å²) in [6.45, 7) is 0. The van der Waals surface area contributed by atoms with Crippen LogP contribution in [-0.2, 0) is 10.0 Å². The van der Waals surface area contributed by atoms with Gasteiger partial charge in [-0.2, -0.15) is 0 Å². The van der Waals surface area contributed by atoms with Gasteiger partial charge in [0.2, 0.25) is 0 Å². The summed E-state index contributed by atoms with van der Waals surface area (Å²) in [4.78, 5) is 17.8. The van der Waals surface area contributed by atoms with Gasteiger partial charge in [-0.3, -0.25) is 4.79 Å². The molecular formula is C22H22N4O3S. The van der Waals surface area contributed by atoms with Crippen LogP contribution in [0.25, 0.3) is 0 Å². The van der Waals surface area contributed by atoms with Crippen LogP contribution >= 0.6 is 0 Å². The monoisotopic (exact) mass is 422 g/mol. The lowest BCUT2D eigenvalue weighted by Crippen LogP contribution is -2.52. The van der Waals surface area contributed by atoms with Gasteiger partial charge in [0.25, 0.3) is 15.9 Å². The van der Waals surface area contributed by atoms with Crippen LogP contribution in [0.15, 0.2) is 83.8 Å². The molecule has 0 saturated carbocycles. The summed E-state index contributed by atoms with van der Waals surface area (Å²) >= 11 is 0. The van der Waals surface area contributed by atoms with Crippen molar-refractivity contribution < 1.29 is 13.2 Å². The third kappa shape index (κ3) is 3.74. The van der Waals surface area contributed by atoms with Gasteiger partial charge in [-0.15, -0.1) is 4.83 Å². The Hall–Kier alpha value is -3.36. The Bertz CT molecular complexity index is 1160. The minimum atomic E-state index is -3.95. The van der Waals surface area contributed by atoms with Crippen molar-refractivity contribution in [2.75, 3.05) is 24.3 Å². The maximum absolute atomic E-state index is 13.2. The molecule has 7 nitrogen and oxygen atoms in total. The Morgan fingerprint density at radius 1 is 0.900 bits per heavy atom. The molecule has 1 amide bonds. The van der Waals surface area contributed by atoms with E-state index in [1.165, 1.54) is 12.1 Å². The van der Waals surface area contributed by atoms with Gasteiger partial charge in [0.05, 0.1) is 10.5 Å². The van der Waals surface area contributed by atoms with E-state index in [1.54, 1.807) is 36.4 Å². The van der Waals surface area contributed by atoms with Crippen LogP contribution in [0.2, 0.25) is 0 Å². The normalized spacial score (nSPS) is 16.0. The number of carbonyl (C=O) groups is 1. The summed E-state index contributed by atoms with van der Waals surface area (Å²) in [5.74, 6) is -0.425. The molecule has 4 rings (SSSR count). The van der Waals surface area contributed by atoms with Crippen LogP contribution in [0.1, 0.15) is 22.1 Å². The van der Waals surface area contributed by atoms with Crippen molar-refractivity contribution in [1.82, 2.24) is 9.84 Å². The maximum atomic E-state index is 13.2. The molecule has 0 aromatic heterocycles. The molecule has 0 radical (unpaired) electrons. The minimum absolute atomic E-state index is 0.0818. The zero-order chi connectivity index (χ0) is 21.3. The Labute approximate surface area is 176 Å². The second-order valence-corrected chi connectivity index (χ2v) is 8.82. The molecule has 1 heterocycles. The first-order valence-corrected chi connectivity index (χ1v) is 10.9. The molecule has 30 heavy (non-hydrogen) atoms. The molecule has 0 bridgehead atoms. The Morgan fingerprint density at radius 2 is 1.53 bits per heavy atom. The number of fused-ring (bicyclic) bond motifs is 1. The highest BCUT2D eigenvalue weighted by atomic mass is 32.2. The lowest BCUT2D eigenvalue weighted by Gasteiger charge is -2.37. The topological polar surface area (TPSA) is 81.8 Å². The van der Waals surface area contributed by atoms with Crippen molar-refractivity contribution in [2.24, 2.45) is 0 Å². The van der Waals surface area contributed by atoms with Crippen LogP contribution in [0.5, 0.6) is 0 Å². The van der Waals surface area contributed by atoms with Gasteiger partial charge in [-0.05, 0) is 42.0 Å². The standard InChI is InChI=1S/C22H22N4O3S/c1-25(2)17-14-12-16(13-15-17)21-23-20-11-7-6-10-19(20)22(27)26(21)24-30(28,29)18-8-4-3-5-9-18/h3-15,21,23-24H,1-2H3/t21-/m1/s1. The molecular weight excluding hydrogens is 400 g/mol. The van der Waals surface area contributed by atoms with Gasteiger partial charge < -0.3 is 10.2 Å². The summed E-state index contributed by atoms with van der Waals surface area (Å²) in [6.07, 6.45) is -0.706. The van der Waals surface area contributed by atoms with Crippen molar-refractivity contribution >= 4 is 27.3 Å². The predicted molar refractivity (Wildman–Crippen MR) is 117 cm³/mol. The first-order chi connectivity index (χ1) is 14.4. The van der Waals surface area contributed by atoms with Crippen LogP contribution in [0.4, 0.5) is 11.4 Å². The van der Waals surface area contributed by atoms with Crippen LogP contribution < -0.4 is 15.0 Å². The molecule has 0 spiro atoms. The summed E-state index contributed by atoms with van der Waals surface area (Å²) in [7, 11) is -0.0742. The highest BCUT2D eigenvalue weighted by Crippen LogP contribution is 2.33. The van der Waals surface area contributed by atoms with E-state index in [4.69, 9.17) is 0 Å². The first-order valence-electron chi connectivity index (χ1n) is 9.41. The average molecular weight is 423 g/mol. The van der Waals surface area contributed by atoms with E-state index < -0.39 is 22.1 Å². The van der Waals surface area contributed by atoms with Crippen molar-refractivity contribution in [1.29, 1.82) is 0 Å². The maximum Gasteiger partial charge on any atom is 0.273 e. The van der Waals surface area contributed by atoms with Crippen molar-refractivity contribution in [3.05, 3.63) is 90.0 Å². The molecule has 0 saturated heterocycles. The SMILES string of the molecule is CN(C)c1ccc([C@@H]2Nc3ccccc3C(=O)N2NS(=O)(=O)c2ccccc2)cc1. The van der Waals surface area contributed by atoms with E-state index in [-0.39, 0.29) is 4.90 Å². The number of hydrogen-bond donors (Lipinski definition) is 2. The van der Waals surface area contributed by atoms with E-state index in [9.17, 15) is 13.2 Å². The average Bonchev–Trinajstić information content (AvgIpc) is 2.76. The van der Waals surface area contributed by atoms with Gasteiger partial charge in [-0.25, -0.2) is 13.4 Å². The number of benzene rings is 3. The minimum Gasteiger partial charge on any atom is -0.378 e. The lowest BCUT2D eigenvalue weighted by atomic mass is 10.0. The van der Waals surface area contributed by atoms with Gasteiger partial charge in [-0.1, -0.05) is 42.5 Å². The number of hydrazine groups is 1. The second-order valence-electron chi connectivity index (χ2n) is 7.16. The van der Waals surface area contributed by atoms with Gasteiger partial charge in [0.15, 0.2) is 0 Å². The Morgan fingerprint density at radius 3 is 2.20 bits per heavy atom. The number of hydrogen-bond acceptors (Lipinski definition) is 5. The molecule has 0 aliphatic carbocycles. The number of nitrogens with one attached hydrogen (secondary N) is 2. The van der Waals surface area contributed by atoms with Gasteiger partial charge >= 0.3 is 0 Å². The van der Waals surface area contributed by atoms with Crippen molar-refractivity contribution in [2.45, 2.75) is 11.1 Å². The summed E-state index contributed by atoms with van der Waals surface area (Å²) in [6, 6.07) is 22.6. The summed E-state index contributed by atoms with van der Waals surface area (Å²) in [5.41, 5.74) is 2.80. The molecule has 1 atom stereocenters. The second kappa shape index (κ2) is 7.81. The number of amides is 1. The molecule has 8 heteroatoms. The number of nitrogens with zero attached hydrogens (tertiary/aromatic N) is 2. The first kappa shape index (κ1) is 19.9. The molecule has 2 N–H and O–H groups in total. The van der Waals surface area contributed by atoms with Crippen molar-refractivity contribution in [3.8, 4) is 0 Å². The molecule has 0 unspecified atom stereocenters. The lowest BCUT2D eigenvalue weighted by molar-refractivity contribution is 0.0633. The third-order valence-electron chi connectivity index (χ3n) is 4.92. The predicted octanol–water partition coefficient (Wildman–Crippen LogP) is 3.21. The van der Waals surface area contributed by atoms with Gasteiger partial charge in [0, 0.05) is 25.5 Å². The zero-order valence-electron chi connectivity index (χ0n) is 16.6. The van der Waals surface area contributed by atoms with Crippen LogP contribution in [0.3, 0.4) is 0 Å². The van der Waals surface area contributed by atoms with E-state index >= 15 is 0 Å². The number of sulfonamides is 1. The third-order valence-corrected chi connectivity index (χ3v) is 6.25. The smallest absolute Gasteiger partial charge is 0.273 e. The van der Waals surface area contributed by atoms with E-state index in [0.29, 0.717) is 11.3 Å². The quantitative estimate of drug-likeness (QED) is 0.660. The van der Waals surface area contributed by atoms with E-state index in [0.717, 1.165) is 16.3 Å². The molecule has 3 aromatic carbocycles. The number of anilines is 2. The highest BCUT2D eigenvalue weighted by Gasteiger charge is 2.36.